The third-order valence-corrected chi connectivity index (χ3v) is 4.68. The van der Waals surface area contributed by atoms with E-state index in [2.05, 4.69) is 19.2 Å². The van der Waals surface area contributed by atoms with E-state index in [1.165, 1.54) is 57.8 Å². The third-order valence-electron chi connectivity index (χ3n) is 4.68. The number of hydrogen-bond donors (Lipinski definition) is 1. The summed E-state index contributed by atoms with van der Waals surface area (Å²) in [6, 6.07) is 0.830. The fourth-order valence-electron chi connectivity index (χ4n) is 3.51. The summed E-state index contributed by atoms with van der Waals surface area (Å²) < 4.78 is 0. The normalized spacial score (nSPS) is 35.6. The van der Waals surface area contributed by atoms with Gasteiger partial charge >= 0.3 is 0 Å². The highest BCUT2D eigenvalue weighted by atomic mass is 15.0. The Morgan fingerprint density at radius 1 is 1.07 bits per heavy atom. The SMILES string of the molecule is CCC1CCC(NC2(C)CCCC2)CC1. The zero-order valence-electron chi connectivity index (χ0n) is 10.5. The van der Waals surface area contributed by atoms with E-state index in [0.717, 1.165) is 12.0 Å². The van der Waals surface area contributed by atoms with Gasteiger partial charge in [-0.25, -0.2) is 0 Å². The van der Waals surface area contributed by atoms with Crippen molar-refractivity contribution in [3.05, 3.63) is 0 Å². The fourth-order valence-corrected chi connectivity index (χ4v) is 3.51. The Morgan fingerprint density at radius 2 is 1.67 bits per heavy atom. The van der Waals surface area contributed by atoms with Crippen LogP contribution < -0.4 is 5.32 Å². The van der Waals surface area contributed by atoms with Gasteiger partial charge in [0, 0.05) is 11.6 Å². The van der Waals surface area contributed by atoms with Crippen molar-refractivity contribution >= 4 is 0 Å². The van der Waals surface area contributed by atoms with Crippen LogP contribution in [0.5, 0.6) is 0 Å². The fraction of sp³-hybridized carbons (Fsp3) is 1.00. The second-order valence-electron chi connectivity index (χ2n) is 6.04. The van der Waals surface area contributed by atoms with E-state index in [9.17, 15) is 0 Å². The van der Waals surface area contributed by atoms with Crippen molar-refractivity contribution in [2.24, 2.45) is 5.92 Å². The van der Waals surface area contributed by atoms with Gasteiger partial charge in [0.05, 0.1) is 0 Å². The van der Waals surface area contributed by atoms with Crippen molar-refractivity contribution in [1.82, 2.24) is 5.32 Å². The third kappa shape index (κ3) is 2.96. The van der Waals surface area contributed by atoms with Gasteiger partial charge < -0.3 is 5.32 Å². The quantitative estimate of drug-likeness (QED) is 0.744. The molecule has 0 heterocycles. The molecule has 0 unspecified atom stereocenters. The molecule has 0 aromatic rings. The van der Waals surface area contributed by atoms with E-state index < -0.39 is 0 Å². The minimum atomic E-state index is 0.490. The molecule has 2 aliphatic carbocycles. The van der Waals surface area contributed by atoms with Gasteiger partial charge in [0.1, 0.15) is 0 Å². The van der Waals surface area contributed by atoms with Gasteiger partial charge in [-0.1, -0.05) is 26.2 Å². The second kappa shape index (κ2) is 4.86. The first kappa shape index (κ1) is 11.4. The Labute approximate surface area is 95.0 Å². The molecule has 0 bridgehead atoms. The van der Waals surface area contributed by atoms with Crippen molar-refractivity contribution in [3.63, 3.8) is 0 Å². The van der Waals surface area contributed by atoms with Crippen LogP contribution in [0.25, 0.3) is 0 Å². The Kier molecular flexibility index (Phi) is 3.71. The summed E-state index contributed by atoms with van der Waals surface area (Å²) in [4.78, 5) is 0. The van der Waals surface area contributed by atoms with Crippen LogP contribution in [0.3, 0.4) is 0 Å². The summed E-state index contributed by atoms with van der Waals surface area (Å²) in [5, 5.41) is 3.94. The smallest absolute Gasteiger partial charge is 0.0155 e. The minimum Gasteiger partial charge on any atom is -0.309 e. The maximum atomic E-state index is 3.94. The van der Waals surface area contributed by atoms with E-state index in [4.69, 9.17) is 0 Å². The van der Waals surface area contributed by atoms with Crippen LogP contribution in [-0.2, 0) is 0 Å². The number of nitrogens with one attached hydrogen (secondary N) is 1. The van der Waals surface area contributed by atoms with E-state index in [-0.39, 0.29) is 0 Å². The van der Waals surface area contributed by atoms with Gasteiger partial charge in [0.25, 0.3) is 0 Å². The van der Waals surface area contributed by atoms with Gasteiger partial charge in [0.15, 0.2) is 0 Å². The maximum absolute atomic E-state index is 3.94. The van der Waals surface area contributed by atoms with Gasteiger partial charge in [0.2, 0.25) is 0 Å². The maximum Gasteiger partial charge on any atom is 0.0155 e. The predicted molar refractivity (Wildman–Crippen MR) is 66.0 cm³/mol. The van der Waals surface area contributed by atoms with Crippen LogP contribution in [0.1, 0.15) is 71.6 Å². The van der Waals surface area contributed by atoms with Gasteiger partial charge in [-0.2, -0.15) is 0 Å². The minimum absolute atomic E-state index is 0.490. The van der Waals surface area contributed by atoms with E-state index in [0.29, 0.717) is 5.54 Å². The number of rotatable bonds is 3. The van der Waals surface area contributed by atoms with Gasteiger partial charge in [-0.05, 0) is 51.4 Å². The van der Waals surface area contributed by atoms with Crippen LogP contribution >= 0.6 is 0 Å². The lowest BCUT2D eigenvalue weighted by Crippen LogP contribution is -2.47. The highest BCUT2D eigenvalue weighted by Gasteiger charge is 2.31. The monoisotopic (exact) mass is 209 g/mol. The first-order valence-corrected chi connectivity index (χ1v) is 6.99. The molecule has 0 aromatic carbocycles. The first-order valence-electron chi connectivity index (χ1n) is 6.99. The highest BCUT2D eigenvalue weighted by Crippen LogP contribution is 2.33. The zero-order chi connectivity index (χ0) is 10.7. The molecular formula is C14H27N. The lowest BCUT2D eigenvalue weighted by atomic mass is 9.83. The standard InChI is InChI=1S/C14H27N/c1-3-12-6-8-13(9-7-12)15-14(2)10-4-5-11-14/h12-13,15H,3-11H2,1-2H3. The van der Waals surface area contributed by atoms with Gasteiger partial charge in [-0.15, -0.1) is 0 Å². The molecule has 1 nitrogen and oxygen atoms in total. The predicted octanol–water partition coefficient (Wildman–Crippen LogP) is 3.88. The van der Waals surface area contributed by atoms with Crippen LogP contribution in [0.4, 0.5) is 0 Å². The molecule has 0 aliphatic heterocycles. The molecule has 0 spiro atoms. The highest BCUT2D eigenvalue weighted by molar-refractivity contribution is 4.92. The Balaban J connectivity index is 1.76. The molecule has 1 heteroatoms. The average molecular weight is 209 g/mol. The summed E-state index contributed by atoms with van der Waals surface area (Å²) in [7, 11) is 0. The molecular weight excluding hydrogens is 182 g/mol. The molecule has 2 rings (SSSR count). The molecule has 0 aromatic heterocycles. The molecule has 88 valence electrons. The Hall–Kier alpha value is -0.0400. The van der Waals surface area contributed by atoms with Crippen LogP contribution in [0.15, 0.2) is 0 Å². The van der Waals surface area contributed by atoms with E-state index in [1.807, 2.05) is 0 Å². The van der Waals surface area contributed by atoms with Crippen LogP contribution in [0, 0.1) is 5.92 Å². The molecule has 2 saturated carbocycles. The van der Waals surface area contributed by atoms with Crippen LogP contribution in [0.2, 0.25) is 0 Å². The summed E-state index contributed by atoms with van der Waals surface area (Å²) in [5.41, 5.74) is 0.490. The number of hydrogen-bond acceptors (Lipinski definition) is 1. The largest absolute Gasteiger partial charge is 0.309 e. The van der Waals surface area contributed by atoms with Crippen molar-refractivity contribution < 1.29 is 0 Å². The Morgan fingerprint density at radius 3 is 2.20 bits per heavy atom. The zero-order valence-corrected chi connectivity index (χ0v) is 10.5. The lowest BCUT2D eigenvalue weighted by molar-refractivity contribution is 0.230. The van der Waals surface area contributed by atoms with E-state index in [1.54, 1.807) is 0 Å². The molecule has 2 fully saturated rings. The second-order valence-corrected chi connectivity index (χ2v) is 6.04. The Bertz CT molecular complexity index is 186. The van der Waals surface area contributed by atoms with Crippen molar-refractivity contribution in [1.29, 1.82) is 0 Å². The molecule has 0 saturated heterocycles. The first-order chi connectivity index (χ1) is 7.22. The topological polar surface area (TPSA) is 12.0 Å². The van der Waals surface area contributed by atoms with Crippen molar-refractivity contribution in [3.8, 4) is 0 Å². The summed E-state index contributed by atoms with van der Waals surface area (Å²) >= 11 is 0. The average Bonchev–Trinajstić information content (AvgIpc) is 2.66. The summed E-state index contributed by atoms with van der Waals surface area (Å²) in [6.07, 6.45) is 12.9. The molecule has 1 N–H and O–H groups in total. The van der Waals surface area contributed by atoms with Gasteiger partial charge in [-0.3, -0.25) is 0 Å². The molecule has 2 aliphatic rings. The summed E-state index contributed by atoms with van der Waals surface area (Å²) in [6.45, 7) is 4.78. The van der Waals surface area contributed by atoms with Crippen LogP contribution in [-0.4, -0.2) is 11.6 Å². The molecule has 0 atom stereocenters. The molecule has 0 radical (unpaired) electrons. The molecule has 15 heavy (non-hydrogen) atoms. The van der Waals surface area contributed by atoms with Crippen molar-refractivity contribution in [2.75, 3.05) is 0 Å². The molecule has 0 amide bonds. The van der Waals surface area contributed by atoms with Crippen molar-refractivity contribution in [2.45, 2.75) is 83.2 Å². The lowest BCUT2D eigenvalue weighted by Gasteiger charge is -2.36. The van der Waals surface area contributed by atoms with E-state index >= 15 is 0 Å². The summed E-state index contributed by atoms with van der Waals surface area (Å²) in [5.74, 6) is 1.03.